The Kier molecular flexibility index (Phi) is 5.50. The van der Waals surface area contributed by atoms with Crippen molar-refractivity contribution in [2.75, 3.05) is 4.90 Å². The van der Waals surface area contributed by atoms with Crippen LogP contribution in [0.2, 0.25) is 10.0 Å². The smallest absolute Gasteiger partial charge is 0.266 e. The first-order chi connectivity index (χ1) is 14.3. The Morgan fingerprint density at radius 1 is 0.900 bits per heavy atom. The van der Waals surface area contributed by atoms with Crippen LogP contribution in [0.1, 0.15) is 27.8 Å². The number of benzene rings is 3. The maximum atomic E-state index is 13.5. The van der Waals surface area contributed by atoms with Gasteiger partial charge in [-0.05, 0) is 55.7 Å². The molecule has 0 atom stereocenters. The van der Waals surface area contributed by atoms with Gasteiger partial charge in [0.2, 0.25) is 0 Å². The van der Waals surface area contributed by atoms with Crippen LogP contribution in [0, 0.1) is 20.8 Å². The molecule has 0 aliphatic carbocycles. The molecule has 3 aromatic rings. The third-order valence-corrected chi connectivity index (χ3v) is 5.57. The van der Waals surface area contributed by atoms with E-state index in [1.165, 1.54) is 0 Å². The molecule has 3 nitrogen and oxygen atoms in total. The summed E-state index contributed by atoms with van der Waals surface area (Å²) >= 11 is 12.3. The van der Waals surface area contributed by atoms with Gasteiger partial charge < -0.3 is 0 Å². The molecule has 0 aromatic heterocycles. The number of hydrogen-bond donors (Lipinski definition) is 0. The van der Waals surface area contributed by atoms with E-state index in [2.05, 4.69) is 19.1 Å². The molecule has 5 heteroatoms. The maximum Gasteiger partial charge on any atom is 0.282 e. The summed E-state index contributed by atoms with van der Waals surface area (Å²) < 4.78 is 0. The van der Waals surface area contributed by atoms with Crippen molar-refractivity contribution in [2.24, 2.45) is 4.99 Å². The van der Waals surface area contributed by atoms with Gasteiger partial charge in [-0.15, -0.1) is 0 Å². The quantitative estimate of drug-likeness (QED) is 0.419. The minimum Gasteiger partial charge on any atom is -0.266 e. The van der Waals surface area contributed by atoms with Crippen LogP contribution in [0.25, 0.3) is 6.08 Å². The van der Waals surface area contributed by atoms with E-state index in [9.17, 15) is 4.79 Å². The topological polar surface area (TPSA) is 32.7 Å². The van der Waals surface area contributed by atoms with E-state index < -0.39 is 0 Å². The van der Waals surface area contributed by atoms with Gasteiger partial charge in [-0.1, -0.05) is 77.3 Å². The molecule has 1 aliphatic rings. The Morgan fingerprint density at radius 2 is 1.57 bits per heavy atom. The Balaban J connectivity index is 1.89. The van der Waals surface area contributed by atoms with Crippen LogP contribution in [0.4, 0.5) is 5.69 Å². The van der Waals surface area contributed by atoms with Gasteiger partial charge in [0.15, 0.2) is 0 Å². The van der Waals surface area contributed by atoms with Gasteiger partial charge in [0.1, 0.15) is 11.5 Å². The molecule has 0 saturated heterocycles. The molecule has 4 rings (SSSR count). The van der Waals surface area contributed by atoms with Crippen LogP contribution in [-0.2, 0) is 4.79 Å². The minimum absolute atomic E-state index is 0.185. The summed E-state index contributed by atoms with van der Waals surface area (Å²) in [6.45, 7) is 6.08. The molecule has 30 heavy (non-hydrogen) atoms. The predicted molar refractivity (Wildman–Crippen MR) is 126 cm³/mol. The van der Waals surface area contributed by atoms with Crippen LogP contribution in [0.3, 0.4) is 0 Å². The van der Waals surface area contributed by atoms with E-state index in [0.29, 0.717) is 27.1 Å². The summed E-state index contributed by atoms with van der Waals surface area (Å²) in [6.07, 6.45) is 1.71. The number of aryl methyl sites for hydroxylation is 3. The second-order valence-corrected chi connectivity index (χ2v) is 8.23. The van der Waals surface area contributed by atoms with Crippen molar-refractivity contribution in [3.63, 3.8) is 0 Å². The lowest BCUT2D eigenvalue weighted by Crippen LogP contribution is -2.34. The standard InChI is InChI=1S/C25H20Cl2N2O/c1-15-11-16(2)23(17(3)12-15)29-24(18-7-5-4-6-8-18)28-22(25(29)30)13-19-9-10-20(26)14-21(19)27/h4-14H,1-3H3. The van der Waals surface area contributed by atoms with Gasteiger partial charge in [-0.3, -0.25) is 9.69 Å². The van der Waals surface area contributed by atoms with Crippen molar-refractivity contribution in [1.82, 2.24) is 0 Å². The molecule has 3 aromatic carbocycles. The number of hydrogen-bond acceptors (Lipinski definition) is 2. The number of halogens is 2. The second kappa shape index (κ2) is 8.10. The van der Waals surface area contributed by atoms with Gasteiger partial charge in [0, 0.05) is 15.6 Å². The third-order valence-electron chi connectivity index (χ3n) is 5.01. The normalized spacial score (nSPS) is 15.1. The Bertz CT molecular complexity index is 1190. The fourth-order valence-corrected chi connectivity index (χ4v) is 4.26. The number of rotatable bonds is 3. The van der Waals surface area contributed by atoms with Crippen LogP contribution in [-0.4, -0.2) is 11.7 Å². The lowest BCUT2D eigenvalue weighted by atomic mass is 10.0. The van der Waals surface area contributed by atoms with Crippen molar-refractivity contribution in [3.8, 4) is 0 Å². The van der Waals surface area contributed by atoms with E-state index >= 15 is 0 Å². The number of aliphatic imine (C=N–C) groups is 1. The second-order valence-electron chi connectivity index (χ2n) is 7.38. The Labute approximate surface area is 186 Å². The van der Waals surface area contributed by atoms with Crippen molar-refractivity contribution in [1.29, 1.82) is 0 Å². The van der Waals surface area contributed by atoms with Gasteiger partial charge in [-0.2, -0.15) is 0 Å². The summed E-state index contributed by atoms with van der Waals surface area (Å²) in [4.78, 5) is 20.0. The number of anilines is 1. The number of amidine groups is 1. The van der Waals surface area contributed by atoms with Gasteiger partial charge in [0.25, 0.3) is 5.91 Å². The molecule has 0 N–H and O–H groups in total. The van der Waals surface area contributed by atoms with Crippen LogP contribution in [0.5, 0.6) is 0 Å². The fraction of sp³-hybridized carbons (Fsp3) is 0.120. The average Bonchev–Trinajstić information content (AvgIpc) is 3.00. The minimum atomic E-state index is -0.185. The van der Waals surface area contributed by atoms with Crippen LogP contribution in [0.15, 0.2) is 71.4 Å². The molecule has 0 unspecified atom stereocenters. The molecule has 0 spiro atoms. The number of amides is 1. The van der Waals surface area contributed by atoms with E-state index in [4.69, 9.17) is 28.2 Å². The highest BCUT2D eigenvalue weighted by molar-refractivity contribution is 6.36. The molecule has 1 aliphatic heterocycles. The van der Waals surface area contributed by atoms with E-state index in [0.717, 1.165) is 27.9 Å². The van der Waals surface area contributed by atoms with Gasteiger partial charge >= 0.3 is 0 Å². The molecular weight excluding hydrogens is 415 g/mol. The number of carbonyl (C=O) groups excluding carboxylic acids is 1. The molecule has 150 valence electrons. The summed E-state index contributed by atoms with van der Waals surface area (Å²) in [5.74, 6) is 0.418. The fourth-order valence-electron chi connectivity index (χ4n) is 3.80. The van der Waals surface area contributed by atoms with Crippen LogP contribution < -0.4 is 4.90 Å². The lowest BCUT2D eigenvalue weighted by Gasteiger charge is -2.23. The van der Waals surface area contributed by atoms with Crippen molar-refractivity contribution in [2.45, 2.75) is 20.8 Å². The van der Waals surface area contributed by atoms with Crippen molar-refractivity contribution >= 4 is 46.7 Å². The summed E-state index contributed by atoms with van der Waals surface area (Å²) in [5, 5.41) is 1.02. The van der Waals surface area contributed by atoms with Gasteiger partial charge in [0.05, 0.1) is 5.69 Å². The first-order valence-electron chi connectivity index (χ1n) is 9.58. The summed E-state index contributed by atoms with van der Waals surface area (Å²) in [5.41, 5.74) is 5.96. The van der Waals surface area contributed by atoms with E-state index in [1.54, 1.807) is 29.2 Å². The first-order valence-corrected chi connectivity index (χ1v) is 10.3. The first kappa shape index (κ1) is 20.4. The zero-order valence-electron chi connectivity index (χ0n) is 16.9. The summed E-state index contributed by atoms with van der Waals surface area (Å²) in [6, 6.07) is 19.1. The molecule has 0 saturated carbocycles. The SMILES string of the molecule is Cc1cc(C)c(N2C(=O)C(=Cc3ccc(Cl)cc3Cl)N=C2c2ccccc2)c(C)c1. The highest BCUT2D eigenvalue weighted by atomic mass is 35.5. The third kappa shape index (κ3) is 3.79. The van der Waals surface area contributed by atoms with Gasteiger partial charge in [-0.25, -0.2) is 4.99 Å². The number of nitrogens with zero attached hydrogens (tertiary/aromatic N) is 2. The lowest BCUT2D eigenvalue weighted by molar-refractivity contribution is -0.113. The van der Waals surface area contributed by atoms with Crippen LogP contribution >= 0.6 is 23.2 Å². The average molecular weight is 435 g/mol. The molecule has 1 amide bonds. The predicted octanol–water partition coefficient (Wildman–Crippen LogP) is 6.75. The largest absolute Gasteiger partial charge is 0.282 e. The van der Waals surface area contributed by atoms with E-state index in [-0.39, 0.29) is 5.91 Å². The number of carbonyl (C=O) groups is 1. The monoisotopic (exact) mass is 434 g/mol. The summed E-state index contributed by atoms with van der Waals surface area (Å²) in [7, 11) is 0. The van der Waals surface area contributed by atoms with Crippen molar-refractivity contribution < 1.29 is 4.79 Å². The zero-order chi connectivity index (χ0) is 21.4. The Morgan fingerprint density at radius 3 is 2.20 bits per heavy atom. The highest BCUT2D eigenvalue weighted by Gasteiger charge is 2.34. The molecule has 0 radical (unpaired) electrons. The molecular formula is C25H20Cl2N2O. The molecule has 0 bridgehead atoms. The maximum absolute atomic E-state index is 13.5. The Hall–Kier alpha value is -2.88. The molecule has 1 heterocycles. The zero-order valence-corrected chi connectivity index (χ0v) is 18.4. The highest BCUT2D eigenvalue weighted by Crippen LogP contribution is 2.34. The van der Waals surface area contributed by atoms with E-state index in [1.807, 2.05) is 44.2 Å². The van der Waals surface area contributed by atoms with Crippen molar-refractivity contribution in [3.05, 3.63) is 104 Å². The molecule has 0 fully saturated rings.